The fourth-order valence-electron chi connectivity index (χ4n) is 3.11. The summed E-state index contributed by atoms with van der Waals surface area (Å²) in [7, 11) is 0. The number of ether oxygens (including phenoxy) is 1. The molecule has 5 nitrogen and oxygen atoms in total. The second-order valence-electron chi connectivity index (χ2n) is 5.83. The number of rotatable bonds is 5. The number of amides is 1. The lowest BCUT2D eigenvalue weighted by Crippen LogP contribution is -2.17. The van der Waals surface area contributed by atoms with Crippen LogP contribution in [0.25, 0.3) is 10.9 Å². The zero-order chi connectivity index (χ0) is 18.0. The number of nitrogens with zero attached hydrogens (tertiary/aromatic N) is 1. The van der Waals surface area contributed by atoms with Crippen LogP contribution in [0.3, 0.4) is 0 Å². The van der Waals surface area contributed by atoms with Crippen LogP contribution in [0.1, 0.15) is 29.9 Å². The highest BCUT2D eigenvalue weighted by atomic mass is 16.5. The number of fused-ring (bicyclic) bond motifs is 1. The van der Waals surface area contributed by atoms with Crippen molar-refractivity contribution in [3.63, 3.8) is 0 Å². The first-order valence-electron chi connectivity index (χ1n) is 8.41. The molecule has 0 saturated carbocycles. The zero-order valence-corrected chi connectivity index (χ0v) is 14.7. The van der Waals surface area contributed by atoms with Gasteiger partial charge in [-0.05, 0) is 68.8 Å². The SMILES string of the molecule is CCOc1ccc2c(c1)c(C)c(C(=O)Nc1ccc(O)cc1)n2CC. The first kappa shape index (κ1) is 16.9. The molecular weight excluding hydrogens is 316 g/mol. The van der Waals surface area contributed by atoms with Crippen molar-refractivity contribution in [2.45, 2.75) is 27.3 Å². The molecular formula is C20H22N2O3. The van der Waals surface area contributed by atoms with Gasteiger partial charge in [-0.25, -0.2) is 0 Å². The van der Waals surface area contributed by atoms with E-state index in [0.29, 0.717) is 24.5 Å². The van der Waals surface area contributed by atoms with Crippen molar-refractivity contribution in [2.24, 2.45) is 0 Å². The Bertz CT molecular complexity index is 911. The van der Waals surface area contributed by atoms with Gasteiger partial charge in [0.2, 0.25) is 0 Å². The van der Waals surface area contributed by atoms with E-state index in [-0.39, 0.29) is 11.7 Å². The minimum Gasteiger partial charge on any atom is -0.508 e. The molecule has 25 heavy (non-hydrogen) atoms. The molecule has 0 unspecified atom stereocenters. The number of anilines is 1. The number of hydrogen-bond acceptors (Lipinski definition) is 3. The Hall–Kier alpha value is -2.95. The van der Waals surface area contributed by atoms with E-state index in [9.17, 15) is 9.90 Å². The number of carbonyl (C=O) groups is 1. The summed E-state index contributed by atoms with van der Waals surface area (Å²) >= 11 is 0. The highest BCUT2D eigenvalue weighted by Gasteiger charge is 2.20. The molecule has 0 bridgehead atoms. The molecule has 2 aromatic carbocycles. The quantitative estimate of drug-likeness (QED) is 0.681. The second-order valence-corrected chi connectivity index (χ2v) is 5.83. The van der Waals surface area contributed by atoms with Gasteiger partial charge in [-0.3, -0.25) is 4.79 Å². The summed E-state index contributed by atoms with van der Waals surface area (Å²) in [5.41, 5.74) is 3.22. The van der Waals surface area contributed by atoms with Crippen molar-refractivity contribution in [3.8, 4) is 11.5 Å². The van der Waals surface area contributed by atoms with E-state index in [1.807, 2.05) is 43.5 Å². The Morgan fingerprint density at radius 3 is 2.52 bits per heavy atom. The molecule has 3 rings (SSSR count). The summed E-state index contributed by atoms with van der Waals surface area (Å²) in [5, 5.41) is 13.3. The van der Waals surface area contributed by atoms with E-state index in [4.69, 9.17) is 4.74 Å². The predicted molar refractivity (Wildman–Crippen MR) is 99.6 cm³/mol. The van der Waals surface area contributed by atoms with Crippen molar-refractivity contribution in [2.75, 3.05) is 11.9 Å². The van der Waals surface area contributed by atoms with Gasteiger partial charge in [0.25, 0.3) is 5.91 Å². The highest BCUT2D eigenvalue weighted by Crippen LogP contribution is 2.30. The summed E-state index contributed by atoms with van der Waals surface area (Å²) in [5.74, 6) is 0.802. The number of carbonyl (C=O) groups excluding carboxylic acids is 1. The van der Waals surface area contributed by atoms with Gasteiger partial charge >= 0.3 is 0 Å². The molecule has 5 heteroatoms. The Morgan fingerprint density at radius 1 is 1.16 bits per heavy atom. The lowest BCUT2D eigenvalue weighted by molar-refractivity contribution is 0.101. The first-order chi connectivity index (χ1) is 12.0. The van der Waals surface area contributed by atoms with Gasteiger partial charge in [0.15, 0.2) is 0 Å². The summed E-state index contributed by atoms with van der Waals surface area (Å²) in [6, 6.07) is 12.4. The second kappa shape index (κ2) is 6.89. The van der Waals surface area contributed by atoms with Gasteiger partial charge in [0.05, 0.1) is 6.61 Å². The number of aromatic hydroxyl groups is 1. The molecule has 0 aliphatic heterocycles. The number of hydrogen-bond donors (Lipinski definition) is 2. The maximum absolute atomic E-state index is 12.9. The van der Waals surface area contributed by atoms with Crippen LogP contribution in [0, 0.1) is 6.92 Å². The van der Waals surface area contributed by atoms with Crippen molar-refractivity contribution in [3.05, 3.63) is 53.7 Å². The van der Waals surface area contributed by atoms with Gasteiger partial charge in [0.1, 0.15) is 17.2 Å². The number of nitrogens with one attached hydrogen (secondary N) is 1. The summed E-state index contributed by atoms with van der Waals surface area (Å²) in [6.45, 7) is 7.22. The van der Waals surface area contributed by atoms with Crippen LogP contribution in [0.15, 0.2) is 42.5 Å². The normalized spacial score (nSPS) is 10.8. The van der Waals surface area contributed by atoms with Crippen LogP contribution in [0.2, 0.25) is 0 Å². The van der Waals surface area contributed by atoms with Crippen molar-refractivity contribution in [1.82, 2.24) is 4.57 Å². The van der Waals surface area contributed by atoms with Gasteiger partial charge < -0.3 is 19.7 Å². The average Bonchev–Trinajstić information content (AvgIpc) is 2.89. The molecule has 0 atom stereocenters. The highest BCUT2D eigenvalue weighted by molar-refractivity contribution is 6.08. The standard InChI is InChI=1S/C20H22N2O3/c1-4-22-18-11-10-16(25-5-2)12-17(18)13(3)19(22)20(24)21-14-6-8-15(23)9-7-14/h6-12,23H,4-5H2,1-3H3,(H,21,24). The molecule has 1 aromatic heterocycles. The van der Waals surface area contributed by atoms with E-state index in [1.54, 1.807) is 24.3 Å². The lowest BCUT2D eigenvalue weighted by atomic mass is 10.1. The van der Waals surface area contributed by atoms with Crippen LogP contribution in [0.5, 0.6) is 11.5 Å². The number of phenolic OH excluding ortho intramolecular Hbond substituents is 1. The molecule has 0 radical (unpaired) electrons. The number of benzene rings is 2. The van der Waals surface area contributed by atoms with Crippen molar-refractivity contribution >= 4 is 22.5 Å². The zero-order valence-electron chi connectivity index (χ0n) is 14.7. The molecule has 2 N–H and O–H groups in total. The summed E-state index contributed by atoms with van der Waals surface area (Å²) in [4.78, 5) is 12.9. The third kappa shape index (κ3) is 3.18. The number of phenols is 1. The Labute approximate surface area is 146 Å². The predicted octanol–water partition coefficient (Wildman–Crippen LogP) is 4.33. The Balaban J connectivity index is 2.03. The molecule has 0 aliphatic rings. The van der Waals surface area contributed by atoms with E-state index in [0.717, 1.165) is 22.2 Å². The number of aromatic nitrogens is 1. The van der Waals surface area contributed by atoms with Crippen molar-refractivity contribution < 1.29 is 14.6 Å². The van der Waals surface area contributed by atoms with Crippen LogP contribution in [-0.4, -0.2) is 22.2 Å². The summed E-state index contributed by atoms with van der Waals surface area (Å²) < 4.78 is 7.60. The fourth-order valence-corrected chi connectivity index (χ4v) is 3.11. The van der Waals surface area contributed by atoms with Gasteiger partial charge in [-0.15, -0.1) is 0 Å². The van der Waals surface area contributed by atoms with E-state index >= 15 is 0 Å². The molecule has 1 amide bonds. The topological polar surface area (TPSA) is 63.5 Å². The minimum atomic E-state index is -0.167. The van der Waals surface area contributed by atoms with Crippen LogP contribution >= 0.6 is 0 Å². The van der Waals surface area contributed by atoms with E-state index in [2.05, 4.69) is 5.32 Å². The maximum Gasteiger partial charge on any atom is 0.272 e. The summed E-state index contributed by atoms with van der Waals surface area (Å²) in [6.07, 6.45) is 0. The third-order valence-corrected chi connectivity index (χ3v) is 4.26. The van der Waals surface area contributed by atoms with Crippen molar-refractivity contribution in [1.29, 1.82) is 0 Å². The molecule has 0 aliphatic carbocycles. The lowest BCUT2D eigenvalue weighted by Gasteiger charge is -2.10. The van der Waals surface area contributed by atoms with Gasteiger partial charge in [-0.1, -0.05) is 0 Å². The average molecular weight is 338 g/mol. The Kier molecular flexibility index (Phi) is 4.65. The minimum absolute atomic E-state index is 0.167. The molecule has 130 valence electrons. The first-order valence-corrected chi connectivity index (χ1v) is 8.41. The monoisotopic (exact) mass is 338 g/mol. The van der Waals surface area contributed by atoms with Crippen LogP contribution < -0.4 is 10.1 Å². The van der Waals surface area contributed by atoms with E-state index in [1.165, 1.54) is 0 Å². The molecule has 1 heterocycles. The molecule has 0 spiro atoms. The Morgan fingerprint density at radius 2 is 1.88 bits per heavy atom. The molecule has 0 saturated heterocycles. The smallest absolute Gasteiger partial charge is 0.272 e. The van der Waals surface area contributed by atoms with Gasteiger partial charge in [-0.2, -0.15) is 0 Å². The molecule has 3 aromatic rings. The van der Waals surface area contributed by atoms with Crippen LogP contribution in [0.4, 0.5) is 5.69 Å². The van der Waals surface area contributed by atoms with E-state index < -0.39 is 0 Å². The van der Waals surface area contributed by atoms with Crippen LogP contribution in [-0.2, 0) is 6.54 Å². The third-order valence-electron chi connectivity index (χ3n) is 4.26. The number of aryl methyl sites for hydroxylation is 2. The molecule has 0 fully saturated rings. The van der Waals surface area contributed by atoms with Gasteiger partial charge in [0, 0.05) is 23.1 Å². The fraction of sp³-hybridized carbons (Fsp3) is 0.250. The maximum atomic E-state index is 12.9. The largest absolute Gasteiger partial charge is 0.508 e.